The van der Waals surface area contributed by atoms with Gasteiger partial charge >= 0.3 is 0 Å². The minimum Gasteiger partial charge on any atom is -0.469 e. The van der Waals surface area contributed by atoms with Gasteiger partial charge in [-0.1, -0.05) is 20.3 Å². The lowest BCUT2D eigenvalue weighted by atomic mass is 10.0. The third kappa shape index (κ3) is 2.71. The predicted molar refractivity (Wildman–Crippen MR) is 66.7 cm³/mol. The van der Waals surface area contributed by atoms with E-state index >= 15 is 0 Å². The van der Waals surface area contributed by atoms with Gasteiger partial charge in [-0.15, -0.1) is 0 Å². The summed E-state index contributed by atoms with van der Waals surface area (Å²) in [4.78, 5) is 14.1. The number of hydrogen-bond donors (Lipinski definition) is 0. The van der Waals surface area contributed by atoms with E-state index < -0.39 is 0 Å². The SMILES string of the molecule is CCC[C@H](C)C(=O)N1CC[C@@H](c2ccco2)C1. The molecule has 94 valence electrons. The summed E-state index contributed by atoms with van der Waals surface area (Å²) in [5.41, 5.74) is 0. The zero-order valence-electron chi connectivity index (χ0n) is 10.7. The molecular formula is C14H21NO2. The first-order chi connectivity index (χ1) is 8.22. The normalized spacial score (nSPS) is 21.8. The number of hydrogen-bond acceptors (Lipinski definition) is 2. The van der Waals surface area contributed by atoms with Gasteiger partial charge in [0.15, 0.2) is 0 Å². The molecule has 1 fully saturated rings. The topological polar surface area (TPSA) is 33.5 Å². The largest absolute Gasteiger partial charge is 0.469 e. The highest BCUT2D eigenvalue weighted by Gasteiger charge is 2.30. The lowest BCUT2D eigenvalue weighted by Gasteiger charge is -2.20. The van der Waals surface area contributed by atoms with Crippen LogP contribution in [0.25, 0.3) is 0 Å². The van der Waals surface area contributed by atoms with Crippen molar-refractivity contribution in [3.05, 3.63) is 24.2 Å². The minimum atomic E-state index is 0.162. The summed E-state index contributed by atoms with van der Waals surface area (Å²) in [6, 6.07) is 3.92. The summed E-state index contributed by atoms with van der Waals surface area (Å²) in [6.45, 7) is 5.85. The molecule has 1 aliphatic rings. The van der Waals surface area contributed by atoms with Gasteiger partial charge in [0.1, 0.15) is 5.76 Å². The second-order valence-electron chi connectivity index (χ2n) is 4.97. The van der Waals surface area contributed by atoms with Gasteiger partial charge in [0.25, 0.3) is 0 Å². The van der Waals surface area contributed by atoms with Crippen LogP contribution in [0.15, 0.2) is 22.8 Å². The van der Waals surface area contributed by atoms with Crippen LogP contribution in [0, 0.1) is 5.92 Å². The third-order valence-corrected chi connectivity index (χ3v) is 3.59. The van der Waals surface area contributed by atoms with Crippen molar-refractivity contribution in [3.63, 3.8) is 0 Å². The van der Waals surface area contributed by atoms with Crippen LogP contribution in [-0.2, 0) is 4.79 Å². The summed E-state index contributed by atoms with van der Waals surface area (Å²) >= 11 is 0. The molecule has 0 bridgehead atoms. The minimum absolute atomic E-state index is 0.162. The Labute approximate surface area is 103 Å². The molecule has 1 saturated heterocycles. The van der Waals surface area contributed by atoms with Crippen molar-refractivity contribution in [2.75, 3.05) is 13.1 Å². The van der Waals surface area contributed by atoms with Crippen molar-refractivity contribution in [1.82, 2.24) is 4.90 Å². The van der Waals surface area contributed by atoms with Gasteiger partial charge in [0.2, 0.25) is 5.91 Å². The summed E-state index contributed by atoms with van der Waals surface area (Å²) in [5.74, 6) is 1.88. The number of carbonyl (C=O) groups is 1. The highest BCUT2D eigenvalue weighted by molar-refractivity contribution is 5.78. The molecule has 0 unspecified atom stereocenters. The van der Waals surface area contributed by atoms with Crippen molar-refractivity contribution in [1.29, 1.82) is 0 Å². The molecule has 2 atom stereocenters. The van der Waals surface area contributed by atoms with E-state index in [9.17, 15) is 4.79 Å². The Kier molecular flexibility index (Phi) is 3.87. The number of furan rings is 1. The van der Waals surface area contributed by atoms with Crippen LogP contribution in [0.5, 0.6) is 0 Å². The molecule has 2 rings (SSSR count). The van der Waals surface area contributed by atoms with E-state index in [-0.39, 0.29) is 5.92 Å². The number of carbonyl (C=O) groups excluding carboxylic acids is 1. The molecule has 0 radical (unpaired) electrons. The number of nitrogens with zero attached hydrogens (tertiary/aromatic N) is 1. The Morgan fingerprint density at radius 3 is 3.12 bits per heavy atom. The first-order valence-corrected chi connectivity index (χ1v) is 6.54. The lowest BCUT2D eigenvalue weighted by Crippen LogP contribution is -2.33. The van der Waals surface area contributed by atoms with Crippen molar-refractivity contribution >= 4 is 5.91 Å². The Balaban J connectivity index is 1.91. The van der Waals surface area contributed by atoms with Gasteiger partial charge < -0.3 is 9.32 Å². The molecular weight excluding hydrogens is 214 g/mol. The smallest absolute Gasteiger partial charge is 0.225 e. The molecule has 3 heteroatoms. The fourth-order valence-corrected chi connectivity index (χ4v) is 2.58. The van der Waals surface area contributed by atoms with E-state index in [2.05, 4.69) is 6.92 Å². The monoisotopic (exact) mass is 235 g/mol. The molecule has 17 heavy (non-hydrogen) atoms. The zero-order valence-corrected chi connectivity index (χ0v) is 10.7. The van der Waals surface area contributed by atoms with Gasteiger partial charge in [-0.2, -0.15) is 0 Å². The quantitative estimate of drug-likeness (QED) is 0.803. The van der Waals surface area contributed by atoms with Gasteiger partial charge in [-0.05, 0) is 25.0 Å². The van der Waals surface area contributed by atoms with E-state index in [1.165, 1.54) is 0 Å². The van der Waals surface area contributed by atoms with Gasteiger partial charge in [-0.25, -0.2) is 0 Å². The molecule has 1 aromatic rings. The van der Waals surface area contributed by atoms with Crippen LogP contribution in [0.3, 0.4) is 0 Å². The molecule has 1 amide bonds. The Bertz CT molecular complexity index is 358. The van der Waals surface area contributed by atoms with Crippen molar-refractivity contribution < 1.29 is 9.21 Å². The summed E-state index contributed by atoms with van der Waals surface area (Å²) in [7, 11) is 0. The van der Waals surface area contributed by atoms with Gasteiger partial charge in [0, 0.05) is 24.9 Å². The van der Waals surface area contributed by atoms with Crippen LogP contribution in [-0.4, -0.2) is 23.9 Å². The maximum atomic E-state index is 12.1. The van der Waals surface area contributed by atoms with Crippen LogP contribution in [0.4, 0.5) is 0 Å². The summed E-state index contributed by atoms with van der Waals surface area (Å²) in [5, 5.41) is 0. The van der Waals surface area contributed by atoms with Gasteiger partial charge in [0.05, 0.1) is 6.26 Å². The first kappa shape index (κ1) is 12.2. The molecule has 1 aliphatic heterocycles. The molecule has 2 heterocycles. The van der Waals surface area contributed by atoms with Crippen molar-refractivity contribution in [3.8, 4) is 0 Å². The van der Waals surface area contributed by atoms with Crippen LogP contribution < -0.4 is 0 Å². The summed E-state index contributed by atoms with van der Waals surface area (Å²) < 4.78 is 5.42. The highest BCUT2D eigenvalue weighted by atomic mass is 16.3. The Morgan fingerprint density at radius 2 is 2.47 bits per heavy atom. The first-order valence-electron chi connectivity index (χ1n) is 6.54. The van der Waals surface area contributed by atoms with E-state index in [1.54, 1.807) is 6.26 Å². The number of rotatable bonds is 4. The molecule has 0 saturated carbocycles. The van der Waals surface area contributed by atoms with Crippen LogP contribution in [0.1, 0.15) is 44.8 Å². The average Bonchev–Trinajstić information content (AvgIpc) is 2.98. The fourth-order valence-electron chi connectivity index (χ4n) is 2.58. The second-order valence-corrected chi connectivity index (χ2v) is 4.97. The lowest BCUT2D eigenvalue weighted by molar-refractivity contribution is -0.134. The second kappa shape index (κ2) is 5.39. The van der Waals surface area contributed by atoms with Gasteiger partial charge in [-0.3, -0.25) is 4.79 Å². The average molecular weight is 235 g/mol. The Hall–Kier alpha value is -1.25. The predicted octanol–water partition coefficient (Wildman–Crippen LogP) is 3.03. The van der Waals surface area contributed by atoms with Crippen molar-refractivity contribution in [2.24, 2.45) is 5.92 Å². The maximum Gasteiger partial charge on any atom is 0.225 e. The third-order valence-electron chi connectivity index (χ3n) is 3.59. The molecule has 0 N–H and O–H groups in total. The molecule has 0 aliphatic carbocycles. The molecule has 3 nitrogen and oxygen atoms in total. The Morgan fingerprint density at radius 1 is 1.65 bits per heavy atom. The fraction of sp³-hybridized carbons (Fsp3) is 0.643. The molecule has 1 aromatic heterocycles. The summed E-state index contributed by atoms with van der Waals surface area (Å²) in [6.07, 6.45) is 4.79. The standard InChI is InChI=1S/C14H21NO2/c1-3-5-11(2)14(16)15-8-7-12(10-15)13-6-4-9-17-13/h4,6,9,11-12H,3,5,7-8,10H2,1-2H3/t11-,12+/m0/s1. The van der Waals surface area contributed by atoms with E-state index in [4.69, 9.17) is 4.42 Å². The molecule has 0 spiro atoms. The zero-order chi connectivity index (χ0) is 12.3. The van der Waals surface area contributed by atoms with E-state index in [1.807, 2.05) is 24.0 Å². The number of likely N-dealkylation sites (tertiary alicyclic amines) is 1. The number of amides is 1. The maximum absolute atomic E-state index is 12.1. The van der Waals surface area contributed by atoms with Crippen LogP contribution in [0.2, 0.25) is 0 Å². The van der Waals surface area contributed by atoms with Crippen molar-refractivity contribution in [2.45, 2.75) is 39.0 Å². The van der Waals surface area contributed by atoms with Crippen LogP contribution >= 0.6 is 0 Å². The van der Waals surface area contributed by atoms with E-state index in [0.717, 1.165) is 38.1 Å². The van der Waals surface area contributed by atoms with E-state index in [0.29, 0.717) is 11.8 Å². The highest BCUT2D eigenvalue weighted by Crippen LogP contribution is 2.28. The molecule has 0 aromatic carbocycles.